The van der Waals surface area contributed by atoms with Crippen LogP contribution in [0.2, 0.25) is 15.1 Å². The average Bonchev–Trinajstić information content (AvgIpc) is 2.69. The summed E-state index contributed by atoms with van der Waals surface area (Å²) in [5.41, 5.74) is 3.46. The van der Waals surface area contributed by atoms with Crippen molar-refractivity contribution < 1.29 is 0 Å². The molecule has 0 radical (unpaired) electrons. The molecule has 0 N–H and O–H groups in total. The zero-order chi connectivity index (χ0) is 18.8. The molecule has 3 aromatic carbocycles. The van der Waals surface area contributed by atoms with Gasteiger partial charge in [0.2, 0.25) is 0 Å². The molecule has 138 valence electrons. The zero-order valence-electron chi connectivity index (χ0n) is 14.7. The SMILES string of the molecule is Clc1ccc(C2CN(c3ccccc3)CCN2c2ccc(Cl)cc2Cl)cc1. The number of anilines is 2. The smallest absolute Gasteiger partial charge is 0.0718 e. The highest BCUT2D eigenvalue weighted by atomic mass is 35.5. The lowest BCUT2D eigenvalue weighted by molar-refractivity contribution is 0.539. The summed E-state index contributed by atoms with van der Waals surface area (Å²) in [6.45, 7) is 2.65. The normalized spacial score (nSPS) is 17.2. The van der Waals surface area contributed by atoms with E-state index in [1.165, 1.54) is 11.3 Å². The molecule has 0 amide bonds. The third-order valence-electron chi connectivity index (χ3n) is 4.98. The third-order valence-corrected chi connectivity index (χ3v) is 5.77. The molecule has 0 aromatic heterocycles. The Hall–Kier alpha value is -1.87. The summed E-state index contributed by atoms with van der Waals surface area (Å²) >= 11 is 18.7. The second kappa shape index (κ2) is 8.02. The summed E-state index contributed by atoms with van der Waals surface area (Å²) in [5, 5.41) is 2.06. The summed E-state index contributed by atoms with van der Waals surface area (Å²) < 4.78 is 0. The summed E-state index contributed by atoms with van der Waals surface area (Å²) in [5.74, 6) is 0. The molecule has 27 heavy (non-hydrogen) atoms. The second-order valence-electron chi connectivity index (χ2n) is 6.64. The Morgan fingerprint density at radius 1 is 0.741 bits per heavy atom. The number of halogens is 3. The van der Waals surface area contributed by atoms with Crippen molar-refractivity contribution in [1.82, 2.24) is 0 Å². The molecule has 3 aromatic rings. The molecule has 5 heteroatoms. The van der Waals surface area contributed by atoms with Crippen molar-refractivity contribution in [1.29, 1.82) is 0 Å². The van der Waals surface area contributed by atoms with E-state index in [-0.39, 0.29) is 6.04 Å². The summed E-state index contributed by atoms with van der Waals surface area (Å²) in [4.78, 5) is 4.78. The Labute approximate surface area is 174 Å². The van der Waals surface area contributed by atoms with E-state index in [4.69, 9.17) is 34.8 Å². The molecule has 1 aliphatic rings. The predicted molar refractivity (Wildman–Crippen MR) is 117 cm³/mol. The topological polar surface area (TPSA) is 6.48 Å². The maximum atomic E-state index is 6.53. The van der Waals surface area contributed by atoms with E-state index in [2.05, 4.69) is 46.2 Å². The van der Waals surface area contributed by atoms with Gasteiger partial charge in [-0.25, -0.2) is 0 Å². The largest absolute Gasteiger partial charge is 0.367 e. The third kappa shape index (κ3) is 4.03. The summed E-state index contributed by atoms with van der Waals surface area (Å²) in [7, 11) is 0. The lowest BCUT2D eigenvalue weighted by Crippen LogP contribution is -2.48. The van der Waals surface area contributed by atoms with E-state index >= 15 is 0 Å². The van der Waals surface area contributed by atoms with Gasteiger partial charge < -0.3 is 9.80 Å². The fourth-order valence-electron chi connectivity index (χ4n) is 3.63. The van der Waals surface area contributed by atoms with Crippen LogP contribution in [0.5, 0.6) is 0 Å². The molecule has 2 nitrogen and oxygen atoms in total. The van der Waals surface area contributed by atoms with Crippen LogP contribution >= 0.6 is 34.8 Å². The Morgan fingerprint density at radius 3 is 2.15 bits per heavy atom. The Balaban J connectivity index is 1.71. The van der Waals surface area contributed by atoms with Gasteiger partial charge in [-0.15, -0.1) is 0 Å². The van der Waals surface area contributed by atoms with Crippen LogP contribution in [-0.4, -0.2) is 19.6 Å². The van der Waals surface area contributed by atoms with Crippen molar-refractivity contribution in [2.24, 2.45) is 0 Å². The van der Waals surface area contributed by atoms with E-state index in [1.54, 1.807) is 6.07 Å². The molecule has 1 aliphatic heterocycles. The van der Waals surface area contributed by atoms with Gasteiger partial charge in [-0.2, -0.15) is 0 Å². The van der Waals surface area contributed by atoms with E-state index in [9.17, 15) is 0 Å². The van der Waals surface area contributed by atoms with Gasteiger partial charge in [-0.05, 0) is 48.0 Å². The highest BCUT2D eigenvalue weighted by Gasteiger charge is 2.29. The molecule has 0 aliphatic carbocycles. The van der Waals surface area contributed by atoms with E-state index in [0.717, 1.165) is 30.3 Å². The molecule has 0 saturated carbocycles. The number of hydrogen-bond donors (Lipinski definition) is 0. The van der Waals surface area contributed by atoms with E-state index < -0.39 is 0 Å². The minimum Gasteiger partial charge on any atom is -0.367 e. The maximum absolute atomic E-state index is 6.53. The van der Waals surface area contributed by atoms with Crippen LogP contribution in [0.4, 0.5) is 11.4 Å². The molecule has 4 rings (SSSR count). The number of para-hydroxylation sites is 1. The quantitative estimate of drug-likeness (QED) is 0.467. The standard InChI is InChI=1S/C22H19Cl3N2/c23-17-8-6-16(7-9-17)22-15-26(19-4-2-1-3-5-19)12-13-27(22)21-11-10-18(24)14-20(21)25/h1-11,14,22H,12-13,15H2. The lowest BCUT2D eigenvalue weighted by Gasteiger charge is -2.44. The Morgan fingerprint density at radius 2 is 1.44 bits per heavy atom. The van der Waals surface area contributed by atoms with Gasteiger partial charge in [0.15, 0.2) is 0 Å². The van der Waals surface area contributed by atoms with Crippen LogP contribution in [0.1, 0.15) is 11.6 Å². The fourth-order valence-corrected chi connectivity index (χ4v) is 4.27. The monoisotopic (exact) mass is 416 g/mol. The van der Waals surface area contributed by atoms with Gasteiger partial charge in [0.1, 0.15) is 0 Å². The molecule has 1 unspecified atom stereocenters. The molecular weight excluding hydrogens is 399 g/mol. The zero-order valence-corrected chi connectivity index (χ0v) is 16.9. The average molecular weight is 418 g/mol. The van der Waals surface area contributed by atoms with Gasteiger partial charge in [0.05, 0.1) is 16.8 Å². The molecule has 0 spiro atoms. The molecule has 1 atom stereocenters. The van der Waals surface area contributed by atoms with Crippen molar-refractivity contribution in [3.05, 3.63) is 93.4 Å². The number of piperazine rings is 1. The van der Waals surface area contributed by atoms with E-state index in [0.29, 0.717) is 10.0 Å². The molecular formula is C22H19Cl3N2. The first-order chi connectivity index (χ1) is 13.1. The van der Waals surface area contributed by atoms with Crippen molar-refractivity contribution in [3.63, 3.8) is 0 Å². The van der Waals surface area contributed by atoms with Gasteiger partial charge in [-0.1, -0.05) is 65.1 Å². The maximum Gasteiger partial charge on any atom is 0.0718 e. The fraction of sp³-hybridized carbons (Fsp3) is 0.182. The Kier molecular flexibility index (Phi) is 5.49. The first-order valence-electron chi connectivity index (χ1n) is 8.89. The van der Waals surface area contributed by atoms with Crippen LogP contribution in [0.25, 0.3) is 0 Å². The van der Waals surface area contributed by atoms with E-state index in [1.807, 2.05) is 30.3 Å². The number of nitrogens with zero attached hydrogens (tertiary/aromatic N) is 2. The number of benzene rings is 3. The summed E-state index contributed by atoms with van der Waals surface area (Å²) in [6, 6.07) is 24.5. The number of rotatable bonds is 3. The Bertz CT molecular complexity index is 913. The lowest BCUT2D eigenvalue weighted by atomic mass is 10.0. The highest BCUT2D eigenvalue weighted by Crippen LogP contribution is 2.37. The van der Waals surface area contributed by atoms with Gasteiger partial charge >= 0.3 is 0 Å². The predicted octanol–water partition coefficient (Wildman–Crippen LogP) is 6.71. The van der Waals surface area contributed by atoms with Crippen LogP contribution in [0.15, 0.2) is 72.8 Å². The van der Waals surface area contributed by atoms with Gasteiger partial charge in [0, 0.05) is 35.4 Å². The highest BCUT2D eigenvalue weighted by molar-refractivity contribution is 6.36. The van der Waals surface area contributed by atoms with Crippen molar-refractivity contribution in [2.45, 2.75) is 6.04 Å². The molecule has 1 saturated heterocycles. The second-order valence-corrected chi connectivity index (χ2v) is 7.92. The van der Waals surface area contributed by atoms with Crippen LogP contribution in [-0.2, 0) is 0 Å². The molecule has 1 heterocycles. The van der Waals surface area contributed by atoms with Crippen molar-refractivity contribution >= 4 is 46.2 Å². The van der Waals surface area contributed by atoms with Crippen LogP contribution in [0, 0.1) is 0 Å². The van der Waals surface area contributed by atoms with Gasteiger partial charge in [0.25, 0.3) is 0 Å². The first-order valence-corrected chi connectivity index (χ1v) is 10.0. The minimum absolute atomic E-state index is 0.162. The van der Waals surface area contributed by atoms with Gasteiger partial charge in [-0.3, -0.25) is 0 Å². The van der Waals surface area contributed by atoms with Crippen LogP contribution in [0.3, 0.4) is 0 Å². The number of hydrogen-bond acceptors (Lipinski definition) is 2. The minimum atomic E-state index is 0.162. The molecule has 1 fully saturated rings. The molecule has 0 bridgehead atoms. The van der Waals surface area contributed by atoms with Crippen molar-refractivity contribution in [2.75, 3.05) is 29.4 Å². The summed E-state index contributed by atoms with van der Waals surface area (Å²) in [6.07, 6.45) is 0. The first kappa shape index (κ1) is 18.5. The van der Waals surface area contributed by atoms with Crippen LogP contribution < -0.4 is 9.80 Å². The van der Waals surface area contributed by atoms with Crippen molar-refractivity contribution in [3.8, 4) is 0 Å².